The summed E-state index contributed by atoms with van der Waals surface area (Å²) < 4.78 is 13.7. The van der Waals surface area contributed by atoms with Gasteiger partial charge in [0.1, 0.15) is 17.3 Å². The second-order valence-corrected chi connectivity index (χ2v) is 8.90. The Morgan fingerprint density at radius 3 is 2.63 bits per heavy atom. The lowest BCUT2D eigenvalue weighted by Gasteiger charge is -2.12. The second-order valence-electron chi connectivity index (χ2n) is 8.49. The minimum atomic E-state index is -0.183. The highest BCUT2D eigenvalue weighted by Crippen LogP contribution is 2.23. The molecule has 0 atom stereocenters. The number of nitrogens with one attached hydrogen (secondary N) is 1. The van der Waals surface area contributed by atoms with Crippen LogP contribution in [0.15, 0.2) is 66.7 Å². The number of unbranched alkanes of at least 4 members (excludes halogenated alkanes) is 1. The Hall–Kier alpha value is -3.51. The lowest BCUT2D eigenvalue weighted by molar-refractivity contribution is -0.123. The van der Waals surface area contributed by atoms with Crippen molar-refractivity contribution in [2.45, 2.75) is 39.8 Å². The fourth-order valence-corrected chi connectivity index (χ4v) is 4.05. The zero-order valence-corrected chi connectivity index (χ0v) is 20.8. The Balaban J connectivity index is 1.32. The van der Waals surface area contributed by atoms with Gasteiger partial charge < -0.3 is 19.4 Å². The van der Waals surface area contributed by atoms with Gasteiger partial charge >= 0.3 is 0 Å². The number of rotatable bonds is 11. The van der Waals surface area contributed by atoms with E-state index in [1.807, 2.05) is 74.5 Å². The van der Waals surface area contributed by atoms with Crippen LogP contribution >= 0.6 is 11.6 Å². The smallest absolute Gasteiger partial charge is 0.258 e. The lowest BCUT2D eigenvalue weighted by atomic mass is 10.1. The number of benzene rings is 3. The van der Waals surface area contributed by atoms with E-state index in [1.165, 1.54) is 0 Å². The Labute approximate surface area is 210 Å². The van der Waals surface area contributed by atoms with Crippen molar-refractivity contribution >= 4 is 28.5 Å². The lowest BCUT2D eigenvalue weighted by Crippen LogP contribution is -2.29. The Bertz CT molecular complexity index is 1300. The van der Waals surface area contributed by atoms with E-state index in [0.717, 1.165) is 53.1 Å². The number of para-hydroxylation sites is 3. The summed E-state index contributed by atoms with van der Waals surface area (Å²) in [6.07, 6.45) is 1.77. The molecule has 4 rings (SSSR count). The molecule has 0 spiro atoms. The Kier molecular flexibility index (Phi) is 8.27. The second kappa shape index (κ2) is 11.8. The summed E-state index contributed by atoms with van der Waals surface area (Å²) in [7, 11) is 0. The third-order valence-corrected chi connectivity index (χ3v) is 6.06. The van der Waals surface area contributed by atoms with Crippen LogP contribution in [0.3, 0.4) is 0 Å². The quantitative estimate of drug-likeness (QED) is 0.267. The fraction of sp³-hybridized carbons (Fsp3) is 0.286. The molecule has 1 aromatic heterocycles. The van der Waals surface area contributed by atoms with Gasteiger partial charge in [-0.1, -0.05) is 48.0 Å². The normalized spacial score (nSPS) is 10.9. The molecule has 0 radical (unpaired) electrons. The molecule has 3 aromatic carbocycles. The maximum Gasteiger partial charge on any atom is 0.258 e. The van der Waals surface area contributed by atoms with E-state index in [1.54, 1.807) is 0 Å². The molecular formula is C28H30ClN3O3. The zero-order valence-electron chi connectivity index (χ0n) is 20.1. The molecule has 182 valence electrons. The van der Waals surface area contributed by atoms with E-state index < -0.39 is 0 Å². The SMILES string of the molecule is Cc1ccc(C)c(OCC(=O)NCc2nc3ccccc3n2CCCCOc2ccccc2Cl)c1. The molecule has 0 unspecified atom stereocenters. The van der Waals surface area contributed by atoms with Gasteiger partial charge in [0.15, 0.2) is 6.61 Å². The van der Waals surface area contributed by atoms with Crippen molar-refractivity contribution in [3.63, 3.8) is 0 Å². The van der Waals surface area contributed by atoms with Crippen molar-refractivity contribution in [2.75, 3.05) is 13.2 Å². The first-order valence-electron chi connectivity index (χ1n) is 11.8. The molecule has 0 bridgehead atoms. The number of hydrogen-bond acceptors (Lipinski definition) is 4. The van der Waals surface area contributed by atoms with E-state index in [4.69, 9.17) is 26.1 Å². The minimum Gasteiger partial charge on any atom is -0.492 e. The minimum absolute atomic E-state index is 0.0378. The summed E-state index contributed by atoms with van der Waals surface area (Å²) in [5.41, 5.74) is 4.06. The topological polar surface area (TPSA) is 65.4 Å². The standard InChI is InChI=1S/C28H30ClN3O3/c1-20-13-14-21(2)26(17-20)35-19-28(33)30-18-27-31-23-10-4-5-11-24(23)32(27)15-7-8-16-34-25-12-6-3-9-22(25)29/h3-6,9-14,17H,7-8,15-16,18-19H2,1-2H3,(H,30,33). The summed E-state index contributed by atoms with van der Waals surface area (Å²) in [6, 6.07) is 21.5. The van der Waals surface area contributed by atoms with Gasteiger partial charge in [0.05, 0.1) is 29.2 Å². The molecule has 0 saturated carbocycles. The van der Waals surface area contributed by atoms with Crippen LogP contribution in [0.25, 0.3) is 11.0 Å². The Morgan fingerprint density at radius 1 is 0.971 bits per heavy atom. The molecule has 4 aromatic rings. The van der Waals surface area contributed by atoms with Crippen molar-refractivity contribution in [1.29, 1.82) is 0 Å². The van der Waals surface area contributed by atoms with E-state index in [0.29, 0.717) is 23.9 Å². The van der Waals surface area contributed by atoms with Crippen molar-refractivity contribution in [3.05, 3.63) is 88.7 Å². The van der Waals surface area contributed by atoms with Crippen molar-refractivity contribution in [1.82, 2.24) is 14.9 Å². The third-order valence-electron chi connectivity index (χ3n) is 5.75. The maximum absolute atomic E-state index is 12.5. The summed E-state index contributed by atoms with van der Waals surface area (Å²) in [5.74, 6) is 2.07. The molecule has 0 saturated heterocycles. The van der Waals surface area contributed by atoms with Gasteiger partial charge in [-0.2, -0.15) is 0 Å². The molecule has 7 heteroatoms. The first kappa shape index (κ1) is 24.6. The fourth-order valence-electron chi connectivity index (χ4n) is 3.86. The van der Waals surface area contributed by atoms with Gasteiger partial charge in [-0.3, -0.25) is 4.79 Å². The number of carbonyl (C=O) groups excluding carboxylic acids is 1. The molecular weight excluding hydrogens is 462 g/mol. The number of aromatic nitrogens is 2. The number of nitrogens with zero attached hydrogens (tertiary/aromatic N) is 2. The predicted octanol–water partition coefficient (Wildman–Crippen LogP) is 5.86. The van der Waals surface area contributed by atoms with Crippen LogP contribution in [0.5, 0.6) is 11.5 Å². The first-order chi connectivity index (χ1) is 17.0. The highest BCUT2D eigenvalue weighted by Gasteiger charge is 2.12. The number of carbonyl (C=O) groups is 1. The van der Waals surface area contributed by atoms with E-state index in [-0.39, 0.29) is 12.5 Å². The van der Waals surface area contributed by atoms with Crippen molar-refractivity contribution < 1.29 is 14.3 Å². The van der Waals surface area contributed by atoms with Crippen LogP contribution < -0.4 is 14.8 Å². The van der Waals surface area contributed by atoms with Crippen molar-refractivity contribution in [2.24, 2.45) is 0 Å². The number of halogens is 1. The Morgan fingerprint density at radius 2 is 1.77 bits per heavy atom. The molecule has 0 aliphatic carbocycles. The molecule has 0 aliphatic rings. The predicted molar refractivity (Wildman–Crippen MR) is 139 cm³/mol. The molecule has 1 N–H and O–H groups in total. The van der Waals surface area contributed by atoms with Gasteiger partial charge in [0, 0.05) is 6.54 Å². The maximum atomic E-state index is 12.5. The van der Waals surface area contributed by atoms with E-state index in [2.05, 4.69) is 16.0 Å². The molecule has 0 aliphatic heterocycles. The highest BCUT2D eigenvalue weighted by atomic mass is 35.5. The summed E-state index contributed by atoms with van der Waals surface area (Å²) in [4.78, 5) is 17.2. The number of hydrogen-bond donors (Lipinski definition) is 1. The van der Waals surface area contributed by atoms with Crippen LogP contribution in [0.2, 0.25) is 5.02 Å². The van der Waals surface area contributed by atoms with Crippen LogP contribution in [-0.4, -0.2) is 28.7 Å². The summed E-state index contributed by atoms with van der Waals surface area (Å²) in [5, 5.41) is 3.57. The average molecular weight is 492 g/mol. The van der Waals surface area contributed by atoms with Gasteiger partial charge in [-0.05, 0) is 68.1 Å². The number of aryl methyl sites for hydroxylation is 3. The molecule has 6 nitrogen and oxygen atoms in total. The van der Waals surface area contributed by atoms with Crippen molar-refractivity contribution in [3.8, 4) is 11.5 Å². The monoisotopic (exact) mass is 491 g/mol. The van der Waals surface area contributed by atoms with Gasteiger partial charge in [-0.25, -0.2) is 4.98 Å². The largest absolute Gasteiger partial charge is 0.492 e. The van der Waals surface area contributed by atoms with E-state index >= 15 is 0 Å². The van der Waals surface area contributed by atoms with Crippen LogP contribution in [0.1, 0.15) is 29.8 Å². The number of imidazole rings is 1. The molecule has 1 amide bonds. The number of amides is 1. The van der Waals surface area contributed by atoms with Crippen LogP contribution in [0.4, 0.5) is 0 Å². The number of ether oxygens (including phenoxy) is 2. The molecule has 1 heterocycles. The molecule has 35 heavy (non-hydrogen) atoms. The van der Waals surface area contributed by atoms with E-state index in [9.17, 15) is 4.79 Å². The first-order valence-corrected chi connectivity index (χ1v) is 12.2. The summed E-state index contributed by atoms with van der Waals surface area (Å²) in [6.45, 7) is 5.62. The summed E-state index contributed by atoms with van der Waals surface area (Å²) >= 11 is 6.16. The molecule has 0 fully saturated rings. The van der Waals surface area contributed by atoms with Gasteiger partial charge in [0.25, 0.3) is 5.91 Å². The third kappa shape index (κ3) is 6.55. The van der Waals surface area contributed by atoms with Crippen LogP contribution in [-0.2, 0) is 17.9 Å². The van der Waals surface area contributed by atoms with Crippen LogP contribution in [0, 0.1) is 13.8 Å². The zero-order chi connectivity index (χ0) is 24.6. The average Bonchev–Trinajstić information content (AvgIpc) is 3.21. The highest BCUT2D eigenvalue weighted by molar-refractivity contribution is 6.32. The number of fused-ring (bicyclic) bond motifs is 1. The van der Waals surface area contributed by atoms with Gasteiger partial charge in [0.2, 0.25) is 0 Å². The van der Waals surface area contributed by atoms with Gasteiger partial charge in [-0.15, -0.1) is 0 Å².